The number of thiazole rings is 2. The third-order valence-electron chi connectivity index (χ3n) is 4.07. The summed E-state index contributed by atoms with van der Waals surface area (Å²) >= 11 is 2.06. The fourth-order valence-electron chi connectivity index (χ4n) is 2.53. The van der Waals surface area contributed by atoms with Gasteiger partial charge in [0.2, 0.25) is 0 Å². The van der Waals surface area contributed by atoms with Crippen LogP contribution in [0.5, 0.6) is 0 Å². The number of nitrogens with one attached hydrogen (secondary N) is 1. The second-order valence-corrected chi connectivity index (χ2v) is 11.5. The first-order valence-corrected chi connectivity index (χ1v) is 11.6. The molecule has 1 N–H and O–H groups in total. The van der Waals surface area contributed by atoms with Crippen LogP contribution in [0.4, 0.5) is 13.2 Å². The minimum atomic E-state index is -1.65. The molecule has 2 aromatic heterocycles. The quantitative estimate of drug-likeness (QED) is 0.399. The summed E-state index contributed by atoms with van der Waals surface area (Å²) in [4.78, 5) is 8.61. The predicted octanol–water partition coefficient (Wildman–Crippen LogP) is 6.03. The van der Waals surface area contributed by atoms with Gasteiger partial charge in [-0.15, -0.1) is 22.7 Å². The van der Waals surface area contributed by atoms with Gasteiger partial charge in [0.25, 0.3) is 0 Å². The van der Waals surface area contributed by atoms with E-state index in [2.05, 4.69) is 14.7 Å². The molecule has 1 atom stereocenters. The maximum absolute atomic E-state index is 15.6. The lowest BCUT2D eigenvalue weighted by atomic mass is 10.3. The summed E-state index contributed by atoms with van der Waals surface area (Å²) in [5.74, 6) is -1.63. The van der Waals surface area contributed by atoms with E-state index < -0.39 is 33.2 Å². The predicted molar refractivity (Wildman–Crippen MR) is 118 cm³/mol. The Balaban J connectivity index is 1.88. The van der Waals surface area contributed by atoms with Crippen molar-refractivity contribution >= 4 is 65.6 Å². The van der Waals surface area contributed by atoms with Gasteiger partial charge in [-0.25, -0.2) is 27.3 Å². The number of nitrogens with zero attached hydrogens (tertiary/aromatic N) is 2. The Labute approximate surface area is 181 Å². The molecule has 2 heterocycles. The van der Waals surface area contributed by atoms with E-state index in [9.17, 15) is 13.0 Å². The molecule has 30 heavy (non-hydrogen) atoms. The Bertz CT molecular complexity index is 1320. The normalized spacial score (nSPS) is 14.2. The minimum absolute atomic E-state index is 0.00875. The van der Waals surface area contributed by atoms with Crippen LogP contribution in [0.2, 0.25) is 0 Å². The number of hydrogen-bond donors (Lipinski definition) is 1. The molecule has 0 aliphatic carbocycles. The van der Waals surface area contributed by atoms with Crippen molar-refractivity contribution in [1.29, 1.82) is 0 Å². The maximum Gasteiger partial charge on any atom is 0.186 e. The second-order valence-electron chi connectivity index (χ2n) is 7.43. The molecule has 1 unspecified atom stereocenters. The van der Waals surface area contributed by atoms with Crippen LogP contribution in [-0.4, -0.2) is 18.9 Å². The number of benzene rings is 2. The topological polar surface area (TPSA) is 54.9 Å². The van der Waals surface area contributed by atoms with E-state index in [1.54, 1.807) is 20.8 Å². The molecule has 4 nitrogen and oxygen atoms in total. The number of rotatable bonds is 4. The Morgan fingerprint density at radius 3 is 1.97 bits per heavy atom. The molecule has 0 aliphatic heterocycles. The molecule has 10 heteroatoms. The Morgan fingerprint density at radius 2 is 1.43 bits per heavy atom. The third-order valence-corrected chi connectivity index (χ3v) is 7.62. The number of halogens is 3. The van der Waals surface area contributed by atoms with Crippen molar-refractivity contribution in [3.8, 4) is 0 Å². The molecule has 0 spiro atoms. The largest absolute Gasteiger partial charge is 0.299 e. The number of aromatic nitrogens is 2. The van der Waals surface area contributed by atoms with Crippen LogP contribution in [0.1, 0.15) is 30.8 Å². The molecule has 0 fully saturated rings. The van der Waals surface area contributed by atoms with Crippen LogP contribution in [-0.2, 0) is 11.0 Å². The second kappa shape index (κ2) is 7.75. The zero-order chi connectivity index (χ0) is 21.6. The van der Waals surface area contributed by atoms with Gasteiger partial charge in [0, 0.05) is 0 Å². The fourth-order valence-corrected chi connectivity index (χ4v) is 5.19. The van der Waals surface area contributed by atoms with Crippen molar-refractivity contribution in [3.05, 3.63) is 58.0 Å². The Morgan fingerprint density at radius 1 is 0.933 bits per heavy atom. The molecule has 156 valence electrons. The summed E-state index contributed by atoms with van der Waals surface area (Å²) < 4.78 is 58.5. The SMILES string of the molecule is CC(C)(C)S(=O)N/C(=C(/F)c1nc2ccc(F)cc2s1)c1nc2ccc(F)cc2s1. The zero-order valence-corrected chi connectivity index (χ0v) is 18.6. The molecule has 0 radical (unpaired) electrons. The van der Waals surface area contributed by atoms with Crippen molar-refractivity contribution in [1.82, 2.24) is 14.7 Å². The Kier molecular flexibility index (Phi) is 5.41. The van der Waals surface area contributed by atoms with E-state index in [4.69, 9.17) is 0 Å². The van der Waals surface area contributed by atoms with E-state index in [0.717, 1.165) is 22.7 Å². The van der Waals surface area contributed by atoms with Gasteiger partial charge in [0.1, 0.15) is 33.3 Å². The number of hydrogen-bond acceptors (Lipinski definition) is 5. The monoisotopic (exact) mass is 467 g/mol. The van der Waals surface area contributed by atoms with E-state index >= 15 is 4.39 Å². The van der Waals surface area contributed by atoms with Crippen molar-refractivity contribution < 1.29 is 17.4 Å². The molecule has 2 aromatic carbocycles. The lowest BCUT2D eigenvalue weighted by Crippen LogP contribution is -2.32. The summed E-state index contributed by atoms with van der Waals surface area (Å²) in [6.45, 7) is 5.25. The lowest BCUT2D eigenvalue weighted by Gasteiger charge is -2.19. The molecule has 0 bridgehead atoms. The van der Waals surface area contributed by atoms with Gasteiger partial charge in [-0.05, 0) is 57.2 Å². The summed E-state index contributed by atoms with van der Waals surface area (Å²) in [6.07, 6.45) is 0. The number of fused-ring (bicyclic) bond motifs is 2. The van der Waals surface area contributed by atoms with E-state index in [1.165, 1.54) is 36.4 Å². The highest BCUT2D eigenvalue weighted by atomic mass is 32.2. The first-order chi connectivity index (χ1) is 14.1. The highest BCUT2D eigenvalue weighted by molar-refractivity contribution is 7.84. The van der Waals surface area contributed by atoms with Crippen molar-refractivity contribution in [3.63, 3.8) is 0 Å². The molecule has 0 aliphatic rings. The summed E-state index contributed by atoms with van der Waals surface area (Å²) in [6, 6.07) is 8.09. The van der Waals surface area contributed by atoms with Crippen molar-refractivity contribution in [2.24, 2.45) is 0 Å². The van der Waals surface area contributed by atoms with Gasteiger partial charge in [0.15, 0.2) is 10.8 Å². The molecular weight excluding hydrogens is 451 g/mol. The molecule has 4 aromatic rings. The lowest BCUT2D eigenvalue weighted by molar-refractivity contribution is 0.629. The molecule has 0 amide bonds. The van der Waals surface area contributed by atoms with Gasteiger partial charge in [-0.2, -0.15) is 0 Å². The average Bonchev–Trinajstić information content (AvgIpc) is 3.27. The summed E-state index contributed by atoms with van der Waals surface area (Å²) in [7, 11) is -1.65. The molecule has 4 rings (SSSR count). The minimum Gasteiger partial charge on any atom is -0.299 e. The van der Waals surface area contributed by atoms with Crippen LogP contribution >= 0.6 is 22.7 Å². The van der Waals surface area contributed by atoms with Gasteiger partial charge >= 0.3 is 0 Å². The van der Waals surface area contributed by atoms with Crippen molar-refractivity contribution in [2.45, 2.75) is 25.5 Å². The van der Waals surface area contributed by atoms with Gasteiger partial charge in [-0.1, -0.05) is 0 Å². The third kappa shape index (κ3) is 4.12. The fraction of sp³-hybridized carbons (Fsp3) is 0.200. The maximum atomic E-state index is 15.6. The van der Waals surface area contributed by atoms with Gasteiger partial charge in [0.05, 0.1) is 25.2 Å². The first-order valence-electron chi connectivity index (χ1n) is 8.83. The smallest absolute Gasteiger partial charge is 0.186 e. The van der Waals surface area contributed by atoms with Crippen LogP contribution < -0.4 is 4.72 Å². The van der Waals surface area contributed by atoms with Crippen LogP contribution in [0.15, 0.2) is 36.4 Å². The van der Waals surface area contributed by atoms with Crippen LogP contribution in [0.25, 0.3) is 32.0 Å². The highest BCUT2D eigenvalue weighted by Gasteiger charge is 2.26. The van der Waals surface area contributed by atoms with Gasteiger partial charge < -0.3 is 0 Å². The average molecular weight is 468 g/mol. The Hall–Kier alpha value is -2.30. The van der Waals surface area contributed by atoms with E-state index in [1.807, 2.05) is 0 Å². The van der Waals surface area contributed by atoms with Crippen molar-refractivity contribution in [2.75, 3.05) is 0 Å². The van der Waals surface area contributed by atoms with Gasteiger partial charge in [-0.3, -0.25) is 4.72 Å². The molecular formula is C20H16F3N3OS3. The van der Waals surface area contributed by atoms with E-state index in [-0.39, 0.29) is 15.7 Å². The zero-order valence-electron chi connectivity index (χ0n) is 16.1. The van der Waals surface area contributed by atoms with Crippen LogP contribution in [0.3, 0.4) is 0 Å². The molecule has 0 saturated carbocycles. The first kappa shape index (κ1) is 21.0. The van der Waals surface area contributed by atoms with Crippen LogP contribution in [0, 0.1) is 11.6 Å². The highest BCUT2D eigenvalue weighted by Crippen LogP contribution is 2.36. The standard InChI is InChI=1S/C20H16F3N3OS3/c1-20(2,3)30(27)26-17(19-25-13-7-5-11(22)9-15(13)29-19)16(23)18-24-12-6-4-10(21)8-14(12)28-18/h4-9,26H,1-3H3/b17-16+. The summed E-state index contributed by atoms with van der Waals surface area (Å²) in [5.41, 5.74) is 0.857. The summed E-state index contributed by atoms with van der Waals surface area (Å²) in [5, 5.41) is 0.227. The van der Waals surface area contributed by atoms with E-state index in [0.29, 0.717) is 20.4 Å². The molecule has 0 saturated heterocycles.